The maximum Gasteiger partial charge on any atom is 0.220 e. The lowest BCUT2D eigenvalue weighted by Crippen LogP contribution is -2.25. The van der Waals surface area contributed by atoms with Gasteiger partial charge < -0.3 is 10.6 Å². The van der Waals surface area contributed by atoms with Crippen LogP contribution >= 0.6 is 0 Å². The van der Waals surface area contributed by atoms with Gasteiger partial charge in [0.05, 0.1) is 0 Å². The van der Waals surface area contributed by atoms with Crippen LogP contribution in [0.4, 0.5) is 0 Å². The molecule has 0 spiro atoms. The molecular formula is C16H32N2O2. The van der Waals surface area contributed by atoms with E-state index in [4.69, 9.17) is 0 Å². The summed E-state index contributed by atoms with van der Waals surface area (Å²) in [5.74, 6) is 0.916. The summed E-state index contributed by atoms with van der Waals surface area (Å²) >= 11 is 0. The van der Waals surface area contributed by atoms with Gasteiger partial charge in [0.2, 0.25) is 11.8 Å². The minimum absolute atomic E-state index is 0.157. The second kappa shape index (κ2) is 12.9. The smallest absolute Gasteiger partial charge is 0.220 e. The average molecular weight is 284 g/mol. The van der Waals surface area contributed by atoms with Crippen LogP contribution < -0.4 is 10.6 Å². The molecule has 118 valence electrons. The van der Waals surface area contributed by atoms with Gasteiger partial charge in [0.1, 0.15) is 0 Å². The Kier molecular flexibility index (Phi) is 12.3. The highest BCUT2D eigenvalue weighted by Crippen LogP contribution is 2.03. The molecular weight excluding hydrogens is 252 g/mol. The summed E-state index contributed by atoms with van der Waals surface area (Å²) in [4.78, 5) is 22.7. The van der Waals surface area contributed by atoms with Crippen molar-refractivity contribution in [1.29, 1.82) is 0 Å². The van der Waals surface area contributed by atoms with Crippen molar-refractivity contribution in [2.24, 2.45) is 5.92 Å². The fraction of sp³-hybridized carbons (Fsp3) is 0.875. The number of carbonyl (C=O) groups excluding carboxylic acids is 2. The van der Waals surface area contributed by atoms with E-state index in [2.05, 4.69) is 24.5 Å². The Balaban J connectivity index is 3.24. The Hall–Kier alpha value is -1.06. The first-order valence-electron chi connectivity index (χ1n) is 8.09. The van der Waals surface area contributed by atoms with Crippen molar-refractivity contribution in [3.63, 3.8) is 0 Å². The van der Waals surface area contributed by atoms with Crippen LogP contribution in [-0.4, -0.2) is 24.9 Å². The highest BCUT2D eigenvalue weighted by molar-refractivity contribution is 5.76. The SMILES string of the molecule is CCCC(=O)NCCCCCCNC(=O)CCC(C)C. The fourth-order valence-electron chi connectivity index (χ4n) is 1.88. The molecule has 0 saturated carbocycles. The third kappa shape index (κ3) is 13.4. The van der Waals surface area contributed by atoms with E-state index in [1.165, 1.54) is 0 Å². The lowest BCUT2D eigenvalue weighted by atomic mass is 10.1. The molecule has 2 N–H and O–H groups in total. The zero-order valence-corrected chi connectivity index (χ0v) is 13.5. The predicted molar refractivity (Wildman–Crippen MR) is 83.5 cm³/mol. The predicted octanol–water partition coefficient (Wildman–Crippen LogP) is 3.02. The van der Waals surface area contributed by atoms with Crippen molar-refractivity contribution in [2.45, 2.75) is 72.1 Å². The third-order valence-corrected chi connectivity index (χ3v) is 3.17. The minimum Gasteiger partial charge on any atom is -0.356 e. The first-order valence-corrected chi connectivity index (χ1v) is 8.09. The monoisotopic (exact) mass is 284 g/mol. The first-order chi connectivity index (χ1) is 9.56. The number of hydrogen-bond donors (Lipinski definition) is 2. The number of carbonyl (C=O) groups is 2. The first kappa shape index (κ1) is 18.9. The zero-order valence-electron chi connectivity index (χ0n) is 13.5. The van der Waals surface area contributed by atoms with Gasteiger partial charge in [-0.25, -0.2) is 0 Å². The van der Waals surface area contributed by atoms with E-state index in [-0.39, 0.29) is 11.8 Å². The summed E-state index contributed by atoms with van der Waals surface area (Å²) in [6.07, 6.45) is 7.39. The molecule has 4 heteroatoms. The summed E-state index contributed by atoms with van der Waals surface area (Å²) in [6.45, 7) is 7.83. The van der Waals surface area contributed by atoms with E-state index >= 15 is 0 Å². The molecule has 0 saturated heterocycles. The molecule has 20 heavy (non-hydrogen) atoms. The Morgan fingerprint density at radius 1 is 0.850 bits per heavy atom. The van der Waals surface area contributed by atoms with E-state index in [1.807, 2.05) is 6.92 Å². The highest BCUT2D eigenvalue weighted by Gasteiger charge is 2.02. The molecule has 0 bridgehead atoms. The second-order valence-corrected chi connectivity index (χ2v) is 5.80. The largest absolute Gasteiger partial charge is 0.356 e. The van der Waals surface area contributed by atoms with Crippen LogP contribution in [0.2, 0.25) is 0 Å². The summed E-state index contributed by atoms with van der Waals surface area (Å²) in [5, 5.41) is 5.87. The molecule has 0 aromatic rings. The average Bonchev–Trinajstić information content (AvgIpc) is 2.39. The van der Waals surface area contributed by atoms with Gasteiger partial charge in [0.15, 0.2) is 0 Å². The second-order valence-electron chi connectivity index (χ2n) is 5.80. The van der Waals surface area contributed by atoms with Crippen LogP contribution in [-0.2, 0) is 9.59 Å². The van der Waals surface area contributed by atoms with Crippen molar-refractivity contribution in [3.05, 3.63) is 0 Å². The number of unbranched alkanes of at least 4 members (excludes halogenated alkanes) is 3. The molecule has 0 heterocycles. The zero-order chi connectivity index (χ0) is 15.2. The van der Waals surface area contributed by atoms with Crippen LogP contribution in [0, 0.1) is 5.92 Å². The summed E-state index contributed by atoms with van der Waals surface area (Å²) < 4.78 is 0. The highest BCUT2D eigenvalue weighted by atomic mass is 16.2. The number of nitrogens with one attached hydrogen (secondary N) is 2. The van der Waals surface area contributed by atoms with Crippen LogP contribution in [0.1, 0.15) is 72.1 Å². The Bertz CT molecular complexity index is 265. The summed E-state index contributed by atoms with van der Waals surface area (Å²) in [5.41, 5.74) is 0. The topological polar surface area (TPSA) is 58.2 Å². The van der Waals surface area contributed by atoms with Gasteiger partial charge in [-0.1, -0.05) is 33.6 Å². The molecule has 0 aromatic carbocycles. The van der Waals surface area contributed by atoms with E-state index in [1.54, 1.807) is 0 Å². The van der Waals surface area contributed by atoms with Crippen LogP contribution in [0.25, 0.3) is 0 Å². The minimum atomic E-state index is 0.157. The molecule has 0 atom stereocenters. The molecule has 0 aliphatic heterocycles. The van der Waals surface area contributed by atoms with Gasteiger partial charge >= 0.3 is 0 Å². The maximum absolute atomic E-state index is 11.5. The number of hydrogen-bond acceptors (Lipinski definition) is 2. The molecule has 0 fully saturated rings. The quantitative estimate of drug-likeness (QED) is 0.541. The van der Waals surface area contributed by atoms with E-state index in [9.17, 15) is 9.59 Å². The van der Waals surface area contributed by atoms with Gasteiger partial charge in [-0.2, -0.15) is 0 Å². The fourth-order valence-corrected chi connectivity index (χ4v) is 1.88. The van der Waals surface area contributed by atoms with Crippen molar-refractivity contribution in [1.82, 2.24) is 10.6 Å². The number of rotatable bonds is 12. The normalized spacial score (nSPS) is 10.6. The van der Waals surface area contributed by atoms with Crippen molar-refractivity contribution < 1.29 is 9.59 Å². The molecule has 2 amide bonds. The molecule has 0 rings (SSSR count). The van der Waals surface area contributed by atoms with E-state index in [0.717, 1.165) is 51.6 Å². The van der Waals surface area contributed by atoms with Crippen LogP contribution in [0.15, 0.2) is 0 Å². The Labute approximate surface area is 124 Å². The standard InChI is InChI=1S/C16H32N2O2/c1-4-9-15(19)17-12-7-5-6-8-13-18-16(20)11-10-14(2)3/h14H,4-13H2,1-3H3,(H,17,19)(H,18,20). The summed E-state index contributed by atoms with van der Waals surface area (Å²) in [7, 11) is 0. The van der Waals surface area contributed by atoms with Crippen molar-refractivity contribution in [2.75, 3.05) is 13.1 Å². The summed E-state index contributed by atoms with van der Waals surface area (Å²) in [6, 6.07) is 0. The molecule has 0 aromatic heterocycles. The lowest BCUT2D eigenvalue weighted by Gasteiger charge is -2.07. The van der Waals surface area contributed by atoms with Crippen molar-refractivity contribution in [3.8, 4) is 0 Å². The van der Waals surface area contributed by atoms with Crippen LogP contribution in [0.3, 0.4) is 0 Å². The number of amides is 2. The van der Waals surface area contributed by atoms with Gasteiger partial charge in [-0.05, 0) is 31.6 Å². The molecule has 0 aliphatic carbocycles. The Morgan fingerprint density at radius 3 is 1.80 bits per heavy atom. The van der Waals surface area contributed by atoms with E-state index < -0.39 is 0 Å². The third-order valence-electron chi connectivity index (χ3n) is 3.17. The van der Waals surface area contributed by atoms with E-state index in [0.29, 0.717) is 18.8 Å². The molecule has 0 aliphatic rings. The van der Waals surface area contributed by atoms with Crippen molar-refractivity contribution >= 4 is 11.8 Å². The molecule has 0 radical (unpaired) electrons. The molecule has 0 unspecified atom stereocenters. The lowest BCUT2D eigenvalue weighted by molar-refractivity contribution is -0.122. The Morgan fingerprint density at radius 2 is 1.35 bits per heavy atom. The van der Waals surface area contributed by atoms with Gasteiger partial charge in [-0.3, -0.25) is 9.59 Å². The molecule has 4 nitrogen and oxygen atoms in total. The van der Waals surface area contributed by atoms with Gasteiger partial charge in [-0.15, -0.1) is 0 Å². The van der Waals surface area contributed by atoms with Gasteiger partial charge in [0.25, 0.3) is 0 Å². The van der Waals surface area contributed by atoms with Gasteiger partial charge in [0, 0.05) is 25.9 Å². The maximum atomic E-state index is 11.5. The van der Waals surface area contributed by atoms with Crippen LogP contribution in [0.5, 0.6) is 0 Å².